The predicted molar refractivity (Wildman–Crippen MR) is 86.4 cm³/mol. The average molecular weight is 360 g/mol. The molecule has 8 heteroatoms. The molecule has 24 heavy (non-hydrogen) atoms. The molecule has 2 fully saturated rings. The maximum absolute atomic E-state index is 12.2. The van der Waals surface area contributed by atoms with Gasteiger partial charge < -0.3 is 18.9 Å². The van der Waals surface area contributed by atoms with Crippen molar-refractivity contribution in [2.75, 3.05) is 11.5 Å². The van der Waals surface area contributed by atoms with Crippen molar-refractivity contribution in [3.05, 3.63) is 0 Å². The molecule has 3 atom stereocenters. The van der Waals surface area contributed by atoms with Gasteiger partial charge in [0, 0.05) is 17.9 Å². The monoisotopic (exact) mass is 360 g/mol. The minimum Gasteiger partial charge on any atom is -0.461 e. The molecule has 0 aromatic carbocycles. The summed E-state index contributed by atoms with van der Waals surface area (Å²) in [5.74, 6) is -0.535. The minimum absolute atomic E-state index is 0.0209. The van der Waals surface area contributed by atoms with Crippen LogP contribution in [0.1, 0.15) is 34.1 Å². The number of hydrogen-bond donors (Lipinski definition) is 0. The highest BCUT2D eigenvalue weighted by Gasteiger charge is 2.51. The number of hydrogen-bond acceptors (Lipinski definition) is 8. The van der Waals surface area contributed by atoms with E-state index in [9.17, 15) is 14.4 Å². The van der Waals surface area contributed by atoms with E-state index in [1.807, 2.05) is 0 Å². The minimum atomic E-state index is -1.22. The quantitative estimate of drug-likeness (QED) is 0.679. The Labute approximate surface area is 145 Å². The molecule has 0 unspecified atom stereocenters. The third-order valence-electron chi connectivity index (χ3n) is 3.54. The third-order valence-corrected chi connectivity index (χ3v) is 4.62. The van der Waals surface area contributed by atoms with Gasteiger partial charge in [0.25, 0.3) is 0 Å². The third kappa shape index (κ3) is 4.70. The van der Waals surface area contributed by atoms with Crippen LogP contribution in [-0.2, 0) is 33.3 Å². The smallest absolute Gasteiger partial charge is 0.339 e. The van der Waals surface area contributed by atoms with Crippen molar-refractivity contribution in [1.82, 2.24) is 0 Å². The normalized spacial score (nSPS) is 28.4. The van der Waals surface area contributed by atoms with Gasteiger partial charge in [-0.15, -0.1) is 0 Å². The van der Waals surface area contributed by atoms with Crippen molar-refractivity contribution in [3.8, 4) is 0 Å². The van der Waals surface area contributed by atoms with Crippen LogP contribution in [0.5, 0.6) is 0 Å². The van der Waals surface area contributed by atoms with Gasteiger partial charge in [-0.2, -0.15) is 11.8 Å². The van der Waals surface area contributed by atoms with Crippen molar-refractivity contribution in [1.29, 1.82) is 0 Å². The fourth-order valence-electron chi connectivity index (χ4n) is 2.50. The summed E-state index contributed by atoms with van der Waals surface area (Å²) in [6.07, 6.45) is -3.64. The molecule has 0 radical (unpaired) electrons. The first-order valence-corrected chi connectivity index (χ1v) is 9.27. The van der Waals surface area contributed by atoms with Crippen molar-refractivity contribution >= 4 is 29.5 Å². The van der Waals surface area contributed by atoms with E-state index >= 15 is 0 Å². The van der Waals surface area contributed by atoms with Gasteiger partial charge in [-0.1, -0.05) is 0 Å². The molecule has 2 aliphatic rings. The lowest BCUT2D eigenvalue weighted by Crippen LogP contribution is -2.40. The molecule has 0 bridgehead atoms. The molecular formula is C16H24O7S. The number of carbonyl (C=O) groups excluding carboxylic acids is 3. The first-order valence-electron chi connectivity index (χ1n) is 8.12. The number of rotatable bonds is 5. The van der Waals surface area contributed by atoms with E-state index in [2.05, 4.69) is 0 Å². The second-order valence-electron chi connectivity index (χ2n) is 6.35. The van der Waals surface area contributed by atoms with Crippen LogP contribution in [0.2, 0.25) is 0 Å². The molecule has 2 rings (SSSR count). The second kappa shape index (κ2) is 8.31. The Balaban J connectivity index is 2.13. The maximum atomic E-state index is 12.2. The lowest BCUT2D eigenvalue weighted by atomic mass is 10.0. The Kier molecular flexibility index (Phi) is 6.65. The Hall–Kier alpha value is -1.12. The van der Waals surface area contributed by atoms with Crippen LogP contribution in [0.4, 0.5) is 0 Å². The Morgan fingerprint density at radius 2 is 1.54 bits per heavy atom. The topological polar surface area (TPSA) is 88.1 Å². The molecule has 0 spiro atoms. The Bertz CT molecular complexity index is 461. The van der Waals surface area contributed by atoms with Gasteiger partial charge in [-0.05, 0) is 27.7 Å². The van der Waals surface area contributed by atoms with Crippen molar-refractivity contribution in [2.45, 2.75) is 64.8 Å². The van der Waals surface area contributed by atoms with Gasteiger partial charge in [0.05, 0.1) is 18.1 Å². The zero-order valence-electron chi connectivity index (χ0n) is 14.4. The van der Waals surface area contributed by atoms with Gasteiger partial charge in [-0.25, -0.2) is 9.59 Å². The van der Waals surface area contributed by atoms with Crippen LogP contribution in [0.15, 0.2) is 0 Å². The molecule has 136 valence electrons. The van der Waals surface area contributed by atoms with Gasteiger partial charge in [0.1, 0.15) is 5.78 Å². The molecule has 0 aromatic heterocycles. The summed E-state index contributed by atoms with van der Waals surface area (Å²) in [4.78, 5) is 36.6. The zero-order valence-corrected chi connectivity index (χ0v) is 15.2. The summed E-state index contributed by atoms with van der Waals surface area (Å²) in [6, 6.07) is 0. The first-order chi connectivity index (χ1) is 11.3. The fourth-order valence-corrected chi connectivity index (χ4v) is 3.61. The summed E-state index contributed by atoms with van der Waals surface area (Å²) in [5, 5.41) is 0. The molecule has 7 nitrogen and oxygen atoms in total. The molecule has 2 saturated heterocycles. The maximum Gasteiger partial charge on any atom is 0.339 e. The van der Waals surface area contributed by atoms with Crippen LogP contribution in [0.25, 0.3) is 0 Å². The van der Waals surface area contributed by atoms with Crippen LogP contribution in [-0.4, -0.2) is 59.9 Å². The number of esters is 2. The van der Waals surface area contributed by atoms with E-state index in [0.29, 0.717) is 12.2 Å². The molecule has 0 N–H and O–H groups in total. The van der Waals surface area contributed by atoms with Gasteiger partial charge in [0.15, 0.2) is 18.5 Å². The summed E-state index contributed by atoms with van der Waals surface area (Å²) >= 11 is 1.62. The van der Waals surface area contributed by atoms with E-state index < -0.39 is 36.4 Å². The van der Waals surface area contributed by atoms with Crippen LogP contribution in [0.3, 0.4) is 0 Å². The van der Waals surface area contributed by atoms with Gasteiger partial charge in [-0.3, -0.25) is 4.79 Å². The van der Waals surface area contributed by atoms with E-state index in [1.165, 1.54) is 0 Å². The van der Waals surface area contributed by atoms with Crippen LogP contribution in [0, 0.1) is 5.92 Å². The molecule has 2 heterocycles. The number of thioether (sulfide) groups is 1. The van der Waals surface area contributed by atoms with E-state index in [0.717, 1.165) is 5.75 Å². The average Bonchev–Trinajstić information content (AvgIpc) is 2.91. The number of carbonyl (C=O) groups is 3. The molecule has 0 aromatic rings. The molecule has 0 saturated carbocycles. The van der Waals surface area contributed by atoms with Crippen molar-refractivity contribution in [3.63, 3.8) is 0 Å². The summed E-state index contributed by atoms with van der Waals surface area (Å²) < 4.78 is 21.5. The lowest BCUT2D eigenvalue weighted by Gasteiger charge is -2.24. The van der Waals surface area contributed by atoms with Crippen molar-refractivity contribution in [2.24, 2.45) is 5.92 Å². The molecule has 2 aliphatic heterocycles. The number of Topliss-reactive ketones (excluding diaryl/α,β-unsaturated/α-hetero) is 1. The highest BCUT2D eigenvalue weighted by Crippen LogP contribution is 2.32. The summed E-state index contributed by atoms with van der Waals surface area (Å²) in [5.41, 5.74) is 0. The van der Waals surface area contributed by atoms with Gasteiger partial charge in [0.2, 0.25) is 0 Å². The van der Waals surface area contributed by atoms with Crippen molar-refractivity contribution < 1.29 is 33.3 Å². The number of ether oxygens (including phenoxy) is 4. The zero-order chi connectivity index (χ0) is 17.9. The summed E-state index contributed by atoms with van der Waals surface area (Å²) in [7, 11) is 0. The van der Waals surface area contributed by atoms with E-state index in [1.54, 1.807) is 39.5 Å². The Morgan fingerprint density at radius 1 is 1.04 bits per heavy atom. The van der Waals surface area contributed by atoms with E-state index in [4.69, 9.17) is 18.9 Å². The molecule has 0 aliphatic carbocycles. The highest BCUT2D eigenvalue weighted by molar-refractivity contribution is 7.99. The molecular weight excluding hydrogens is 336 g/mol. The van der Waals surface area contributed by atoms with Gasteiger partial charge >= 0.3 is 11.9 Å². The van der Waals surface area contributed by atoms with E-state index in [-0.39, 0.29) is 18.0 Å². The standard InChI is InChI=1S/C16H24O7S/c1-8(2)20-14(18)12-13(15(19)21-9(3)4)23-16(22-12)10-7-24-6-5-11(10)17/h8-10,12-13,16H,5-7H2,1-4H3/t10-,12-,13-/m1/s1. The predicted octanol–water partition coefficient (Wildman–Crippen LogP) is 1.32. The SMILES string of the molecule is CC(C)OC(=O)[C@@H]1OC([C@@H]2CSCCC2=O)O[C@H]1C(=O)OC(C)C. The van der Waals surface area contributed by atoms with Crippen LogP contribution >= 0.6 is 11.8 Å². The van der Waals surface area contributed by atoms with Crippen LogP contribution < -0.4 is 0 Å². The summed E-state index contributed by atoms with van der Waals surface area (Å²) in [6.45, 7) is 6.81. The molecule has 0 amide bonds. The first kappa shape index (κ1) is 19.2. The lowest BCUT2D eigenvalue weighted by molar-refractivity contribution is -0.167. The second-order valence-corrected chi connectivity index (χ2v) is 7.50. The largest absolute Gasteiger partial charge is 0.461 e. The highest BCUT2D eigenvalue weighted by atomic mass is 32.2. The number of ketones is 1. The fraction of sp³-hybridized carbons (Fsp3) is 0.812. The Morgan fingerprint density at radius 3 is 1.96 bits per heavy atom.